The molecule has 0 aromatic heterocycles. The van der Waals surface area contributed by atoms with Crippen LogP contribution in [0.2, 0.25) is 0 Å². The molecule has 1 heterocycles. The number of morpholine rings is 1. The van der Waals surface area contributed by atoms with Gasteiger partial charge in [-0.1, -0.05) is 6.07 Å². The van der Waals surface area contributed by atoms with Crippen molar-refractivity contribution in [1.29, 1.82) is 0 Å². The van der Waals surface area contributed by atoms with E-state index in [0.717, 1.165) is 12.1 Å². The molecule has 0 spiro atoms. The molecule has 2 aromatic rings. The van der Waals surface area contributed by atoms with Crippen LogP contribution >= 0.6 is 0 Å². The van der Waals surface area contributed by atoms with Gasteiger partial charge in [0.2, 0.25) is 0 Å². The molecule has 1 N–H and O–H groups in total. The normalized spacial score (nSPS) is 19.8. The number of sulfonamides is 1. The van der Waals surface area contributed by atoms with E-state index >= 15 is 0 Å². The Kier molecular flexibility index (Phi) is 5.76. The lowest BCUT2D eigenvalue weighted by molar-refractivity contribution is -0.385. The van der Waals surface area contributed by atoms with Crippen LogP contribution in [0.5, 0.6) is 0 Å². The quantitative estimate of drug-likeness (QED) is 0.584. The number of nitro groups is 1. The molecular weight excluding hydrogens is 401 g/mol. The molecule has 0 aliphatic carbocycles. The van der Waals surface area contributed by atoms with E-state index in [9.17, 15) is 22.9 Å². The predicted octanol–water partition coefficient (Wildman–Crippen LogP) is 3.46. The van der Waals surface area contributed by atoms with Crippen LogP contribution in [0.15, 0.2) is 41.3 Å². The van der Waals surface area contributed by atoms with Gasteiger partial charge in [-0.05, 0) is 39.0 Å². The average Bonchev–Trinajstić information content (AvgIpc) is 2.60. The van der Waals surface area contributed by atoms with Gasteiger partial charge in [0.25, 0.3) is 15.7 Å². The molecule has 3 rings (SSSR count). The minimum Gasteiger partial charge on any atom is -0.372 e. The van der Waals surface area contributed by atoms with E-state index in [1.807, 2.05) is 18.7 Å². The standard InChI is InChI=1S/C19H22FN3O5S/c1-12-4-6-16(9-19(12)23(24)25)29(26,27)21-15-5-7-18(17(20)8-15)22-10-13(2)28-14(3)11-22/h4-9,13-14,21H,10-11H2,1-3H3. The van der Waals surface area contributed by atoms with Crippen molar-refractivity contribution in [1.82, 2.24) is 0 Å². The van der Waals surface area contributed by atoms with Gasteiger partial charge in [-0.15, -0.1) is 0 Å². The van der Waals surface area contributed by atoms with Crippen molar-refractivity contribution in [3.05, 3.63) is 57.9 Å². The molecule has 2 atom stereocenters. The zero-order valence-corrected chi connectivity index (χ0v) is 17.1. The van der Waals surface area contributed by atoms with Gasteiger partial charge < -0.3 is 9.64 Å². The number of hydrogen-bond acceptors (Lipinski definition) is 6. The molecule has 10 heteroatoms. The van der Waals surface area contributed by atoms with Crippen LogP contribution in [0, 0.1) is 22.9 Å². The molecule has 29 heavy (non-hydrogen) atoms. The fourth-order valence-corrected chi connectivity index (χ4v) is 4.44. The molecule has 1 aliphatic heterocycles. The van der Waals surface area contributed by atoms with Crippen molar-refractivity contribution in [3.63, 3.8) is 0 Å². The maximum atomic E-state index is 14.7. The second-order valence-corrected chi connectivity index (χ2v) is 8.82. The Hall–Kier alpha value is -2.72. The highest BCUT2D eigenvalue weighted by Crippen LogP contribution is 2.28. The number of halogens is 1. The number of nitrogens with zero attached hydrogens (tertiary/aromatic N) is 2. The maximum absolute atomic E-state index is 14.7. The number of rotatable bonds is 5. The summed E-state index contributed by atoms with van der Waals surface area (Å²) in [5.41, 5.74) is 0.438. The molecule has 156 valence electrons. The van der Waals surface area contributed by atoms with Crippen molar-refractivity contribution >= 4 is 27.1 Å². The number of hydrogen-bond donors (Lipinski definition) is 1. The van der Waals surface area contributed by atoms with Crippen LogP contribution in [-0.2, 0) is 14.8 Å². The Labute approximate surface area is 168 Å². The highest BCUT2D eigenvalue weighted by Gasteiger charge is 2.25. The first-order valence-electron chi connectivity index (χ1n) is 9.04. The van der Waals surface area contributed by atoms with E-state index in [2.05, 4.69) is 4.72 Å². The number of aryl methyl sites for hydroxylation is 1. The third-order valence-electron chi connectivity index (χ3n) is 4.65. The molecular formula is C19H22FN3O5S. The zero-order chi connectivity index (χ0) is 21.3. The largest absolute Gasteiger partial charge is 0.372 e. The Bertz CT molecular complexity index is 1030. The highest BCUT2D eigenvalue weighted by atomic mass is 32.2. The number of nitro benzene ring substituents is 1. The van der Waals surface area contributed by atoms with E-state index in [0.29, 0.717) is 24.3 Å². The Morgan fingerprint density at radius 2 is 1.83 bits per heavy atom. The lowest BCUT2D eigenvalue weighted by atomic mass is 10.2. The van der Waals surface area contributed by atoms with Crippen LogP contribution in [0.1, 0.15) is 19.4 Å². The Balaban J connectivity index is 1.84. The van der Waals surface area contributed by atoms with E-state index in [1.54, 1.807) is 0 Å². The summed E-state index contributed by atoms with van der Waals surface area (Å²) in [6, 6.07) is 7.68. The van der Waals surface area contributed by atoms with Crippen LogP contribution in [0.25, 0.3) is 0 Å². The summed E-state index contributed by atoms with van der Waals surface area (Å²) in [6.45, 7) is 6.38. The molecule has 2 unspecified atom stereocenters. The predicted molar refractivity (Wildman–Crippen MR) is 107 cm³/mol. The van der Waals surface area contributed by atoms with Crippen LogP contribution in [0.4, 0.5) is 21.5 Å². The SMILES string of the molecule is Cc1ccc(S(=O)(=O)Nc2ccc(N3CC(C)OC(C)C3)c(F)c2)cc1[N+](=O)[O-]. The second-order valence-electron chi connectivity index (χ2n) is 7.14. The van der Waals surface area contributed by atoms with Crippen LogP contribution in [0.3, 0.4) is 0 Å². The maximum Gasteiger partial charge on any atom is 0.273 e. The van der Waals surface area contributed by atoms with Gasteiger partial charge in [0.15, 0.2) is 0 Å². The van der Waals surface area contributed by atoms with Gasteiger partial charge in [-0.2, -0.15) is 0 Å². The van der Waals surface area contributed by atoms with Crippen LogP contribution < -0.4 is 9.62 Å². The summed E-state index contributed by atoms with van der Waals surface area (Å²) < 4.78 is 47.8. The van der Waals surface area contributed by atoms with Gasteiger partial charge in [-0.3, -0.25) is 14.8 Å². The van der Waals surface area contributed by atoms with Crippen LogP contribution in [-0.4, -0.2) is 38.6 Å². The number of nitrogens with one attached hydrogen (secondary N) is 1. The molecule has 8 nitrogen and oxygen atoms in total. The molecule has 1 saturated heterocycles. The van der Waals surface area contributed by atoms with Crippen molar-refractivity contribution in [2.45, 2.75) is 37.9 Å². The van der Waals surface area contributed by atoms with Gasteiger partial charge >= 0.3 is 0 Å². The number of ether oxygens (including phenoxy) is 1. The zero-order valence-electron chi connectivity index (χ0n) is 16.3. The first-order chi connectivity index (χ1) is 13.6. The van der Waals surface area contributed by atoms with Crippen molar-refractivity contribution < 1.29 is 22.5 Å². The van der Waals surface area contributed by atoms with Gasteiger partial charge in [-0.25, -0.2) is 12.8 Å². The third-order valence-corrected chi connectivity index (χ3v) is 6.03. The molecule has 2 aromatic carbocycles. The lowest BCUT2D eigenvalue weighted by Gasteiger charge is -2.37. The Morgan fingerprint density at radius 3 is 2.41 bits per heavy atom. The van der Waals surface area contributed by atoms with E-state index in [4.69, 9.17) is 4.74 Å². The molecule has 0 bridgehead atoms. The fourth-order valence-electron chi connectivity index (χ4n) is 3.37. The van der Waals surface area contributed by atoms with Gasteiger partial charge in [0, 0.05) is 30.8 Å². The molecule has 0 amide bonds. The summed E-state index contributed by atoms with van der Waals surface area (Å²) in [7, 11) is -4.11. The van der Waals surface area contributed by atoms with Gasteiger partial charge in [0.1, 0.15) is 5.82 Å². The summed E-state index contributed by atoms with van der Waals surface area (Å²) in [6.07, 6.45) is -0.0951. The highest BCUT2D eigenvalue weighted by molar-refractivity contribution is 7.92. The summed E-state index contributed by atoms with van der Waals surface area (Å²) in [4.78, 5) is 12.0. The molecule has 1 fully saturated rings. The third kappa shape index (κ3) is 4.65. The molecule has 1 aliphatic rings. The Morgan fingerprint density at radius 1 is 1.17 bits per heavy atom. The fraction of sp³-hybridized carbons (Fsp3) is 0.368. The molecule has 0 saturated carbocycles. The summed E-state index contributed by atoms with van der Waals surface area (Å²) in [5.74, 6) is -0.568. The second kappa shape index (κ2) is 7.96. The topological polar surface area (TPSA) is 102 Å². The van der Waals surface area contributed by atoms with E-state index in [-0.39, 0.29) is 28.5 Å². The van der Waals surface area contributed by atoms with Crippen molar-refractivity contribution in [2.24, 2.45) is 0 Å². The smallest absolute Gasteiger partial charge is 0.273 e. The first kappa shape index (κ1) is 21.0. The minimum atomic E-state index is -4.11. The average molecular weight is 423 g/mol. The van der Waals surface area contributed by atoms with E-state index in [1.165, 1.54) is 31.2 Å². The summed E-state index contributed by atoms with van der Waals surface area (Å²) in [5, 5.41) is 11.1. The van der Waals surface area contributed by atoms with E-state index < -0.39 is 20.8 Å². The number of anilines is 2. The monoisotopic (exact) mass is 423 g/mol. The van der Waals surface area contributed by atoms with Crippen molar-refractivity contribution in [3.8, 4) is 0 Å². The van der Waals surface area contributed by atoms with Gasteiger partial charge in [0.05, 0.1) is 33.4 Å². The minimum absolute atomic E-state index is 0.0313. The summed E-state index contributed by atoms with van der Waals surface area (Å²) >= 11 is 0. The first-order valence-corrected chi connectivity index (χ1v) is 10.5. The van der Waals surface area contributed by atoms with Crippen molar-refractivity contribution in [2.75, 3.05) is 22.7 Å². The molecule has 0 radical (unpaired) electrons. The number of benzene rings is 2. The lowest BCUT2D eigenvalue weighted by Crippen LogP contribution is -2.45.